The smallest absolute Gasteiger partial charge is 0.309 e. The predicted molar refractivity (Wildman–Crippen MR) is 99.8 cm³/mol. The Bertz CT molecular complexity index is 701. The fourth-order valence-corrected chi connectivity index (χ4v) is 8.06. The highest BCUT2D eigenvalue weighted by Crippen LogP contribution is 2.72. The van der Waals surface area contributed by atoms with Gasteiger partial charge in [0.05, 0.1) is 11.5 Å². The second kappa shape index (κ2) is 5.82. The van der Waals surface area contributed by atoms with Crippen LogP contribution in [0.4, 0.5) is 0 Å². The third-order valence-electron chi connectivity index (χ3n) is 8.90. The van der Waals surface area contributed by atoms with Crippen molar-refractivity contribution >= 4 is 11.9 Å². The van der Waals surface area contributed by atoms with Crippen LogP contribution >= 0.6 is 0 Å². The van der Waals surface area contributed by atoms with Gasteiger partial charge in [-0.15, -0.1) is 0 Å². The molecule has 2 bridgehead atoms. The van der Waals surface area contributed by atoms with E-state index in [1.165, 1.54) is 6.92 Å². The minimum atomic E-state index is -0.752. The number of esters is 1. The third-order valence-corrected chi connectivity index (χ3v) is 8.90. The quantitative estimate of drug-likeness (QED) is 0.569. The van der Waals surface area contributed by atoms with E-state index in [-0.39, 0.29) is 40.7 Å². The molecule has 8 atom stereocenters. The highest BCUT2D eigenvalue weighted by molar-refractivity contribution is 5.75. The van der Waals surface area contributed by atoms with Crippen LogP contribution in [0.2, 0.25) is 0 Å². The van der Waals surface area contributed by atoms with Crippen molar-refractivity contribution in [1.82, 2.24) is 0 Å². The molecule has 0 aromatic heterocycles. The lowest BCUT2D eigenvalue weighted by atomic mass is 9.40. The van der Waals surface area contributed by atoms with E-state index in [1.807, 2.05) is 6.92 Å². The second-order valence-corrected chi connectivity index (χ2v) is 10.2. The first-order valence-corrected chi connectivity index (χ1v) is 10.3. The summed E-state index contributed by atoms with van der Waals surface area (Å²) in [5.74, 6) is -0.852. The van der Waals surface area contributed by atoms with E-state index < -0.39 is 17.5 Å². The van der Waals surface area contributed by atoms with Crippen molar-refractivity contribution in [2.24, 2.45) is 34.0 Å². The molecule has 0 heterocycles. The van der Waals surface area contributed by atoms with Crippen LogP contribution in [-0.4, -0.2) is 34.4 Å². The molecule has 0 aromatic carbocycles. The number of hydrogen-bond donors (Lipinski definition) is 2. The maximum Gasteiger partial charge on any atom is 0.309 e. The first kappa shape index (κ1) is 19.0. The Hall–Kier alpha value is -1.36. The van der Waals surface area contributed by atoms with Crippen LogP contribution in [0.15, 0.2) is 12.2 Å². The number of rotatable bonds is 2. The van der Waals surface area contributed by atoms with E-state index in [9.17, 15) is 19.8 Å². The molecule has 0 aliphatic heterocycles. The molecular weight excluding hydrogens is 344 g/mol. The number of ether oxygens (including phenoxy) is 1. The summed E-state index contributed by atoms with van der Waals surface area (Å²) in [4.78, 5) is 24.0. The van der Waals surface area contributed by atoms with Gasteiger partial charge in [-0.1, -0.05) is 19.9 Å². The van der Waals surface area contributed by atoms with Crippen molar-refractivity contribution < 1.29 is 24.5 Å². The fraction of sp³-hybridized carbons (Fsp3) is 0.818. The average Bonchev–Trinajstić information content (AvgIpc) is 2.75. The largest absolute Gasteiger partial charge is 0.481 e. The molecule has 4 fully saturated rings. The first-order valence-electron chi connectivity index (χ1n) is 10.3. The van der Waals surface area contributed by atoms with Gasteiger partial charge in [0.25, 0.3) is 0 Å². The van der Waals surface area contributed by atoms with Crippen LogP contribution in [0.5, 0.6) is 0 Å². The van der Waals surface area contributed by atoms with Crippen molar-refractivity contribution in [2.75, 3.05) is 0 Å². The molecule has 27 heavy (non-hydrogen) atoms. The Labute approximate surface area is 161 Å². The number of aliphatic hydroxyl groups excluding tert-OH is 1. The topological polar surface area (TPSA) is 83.8 Å². The average molecular weight is 376 g/mol. The Morgan fingerprint density at radius 2 is 1.93 bits per heavy atom. The van der Waals surface area contributed by atoms with Gasteiger partial charge in [0.15, 0.2) is 0 Å². The van der Waals surface area contributed by atoms with Gasteiger partial charge >= 0.3 is 11.9 Å². The number of carbonyl (C=O) groups excluding carboxylic acids is 1. The molecule has 8 unspecified atom stereocenters. The van der Waals surface area contributed by atoms with E-state index in [0.717, 1.165) is 37.7 Å². The lowest BCUT2D eigenvalue weighted by Crippen LogP contribution is -2.63. The van der Waals surface area contributed by atoms with Gasteiger partial charge in [-0.05, 0) is 68.3 Å². The van der Waals surface area contributed by atoms with Gasteiger partial charge < -0.3 is 14.9 Å². The van der Waals surface area contributed by atoms with E-state index >= 15 is 0 Å². The minimum Gasteiger partial charge on any atom is -0.481 e. The second-order valence-electron chi connectivity index (χ2n) is 10.2. The van der Waals surface area contributed by atoms with Crippen LogP contribution in [-0.2, 0) is 14.3 Å². The van der Waals surface area contributed by atoms with E-state index in [4.69, 9.17) is 4.74 Å². The van der Waals surface area contributed by atoms with Crippen molar-refractivity contribution in [3.63, 3.8) is 0 Å². The number of aliphatic hydroxyl groups is 1. The summed E-state index contributed by atoms with van der Waals surface area (Å²) in [5, 5.41) is 21.2. The number of carboxylic acids is 1. The molecule has 2 N–H and O–H groups in total. The fourth-order valence-electron chi connectivity index (χ4n) is 8.06. The molecule has 4 saturated carbocycles. The molecular formula is C22H32O5. The Morgan fingerprint density at radius 1 is 1.22 bits per heavy atom. The molecule has 0 aromatic rings. The minimum absolute atomic E-state index is 0.0323. The molecule has 0 radical (unpaired) electrons. The zero-order valence-corrected chi connectivity index (χ0v) is 16.7. The highest BCUT2D eigenvalue weighted by Gasteiger charge is 2.70. The van der Waals surface area contributed by atoms with Gasteiger partial charge in [0.2, 0.25) is 0 Å². The molecule has 150 valence electrons. The molecule has 4 aliphatic rings. The SMILES string of the molecule is C=C1C2CC(O)C3C4(C)CCCC(C)(C(=O)O)C4CCC3(C2)C1OC(C)=O. The maximum absolute atomic E-state index is 12.2. The van der Waals surface area contributed by atoms with Crippen LogP contribution < -0.4 is 0 Å². The summed E-state index contributed by atoms with van der Waals surface area (Å²) in [7, 11) is 0. The van der Waals surface area contributed by atoms with E-state index in [1.54, 1.807) is 0 Å². The Morgan fingerprint density at radius 3 is 2.56 bits per heavy atom. The van der Waals surface area contributed by atoms with Crippen molar-refractivity contribution in [1.29, 1.82) is 0 Å². The molecule has 4 rings (SSSR count). The summed E-state index contributed by atoms with van der Waals surface area (Å²) < 4.78 is 5.80. The predicted octanol–water partition coefficient (Wildman–Crippen LogP) is 3.55. The van der Waals surface area contributed by atoms with Gasteiger partial charge in [-0.25, -0.2) is 0 Å². The van der Waals surface area contributed by atoms with Crippen LogP contribution in [0, 0.1) is 34.0 Å². The van der Waals surface area contributed by atoms with Gasteiger partial charge in [0.1, 0.15) is 6.10 Å². The summed E-state index contributed by atoms with van der Waals surface area (Å²) in [6.45, 7) is 9.78. The molecule has 5 nitrogen and oxygen atoms in total. The van der Waals surface area contributed by atoms with Crippen molar-refractivity contribution in [3.8, 4) is 0 Å². The number of aliphatic carboxylic acids is 1. The van der Waals surface area contributed by atoms with Crippen LogP contribution in [0.1, 0.15) is 65.7 Å². The van der Waals surface area contributed by atoms with E-state index in [0.29, 0.717) is 12.8 Å². The lowest BCUT2D eigenvalue weighted by Gasteiger charge is -2.64. The number of hydrogen-bond acceptors (Lipinski definition) is 4. The molecule has 4 aliphatic carbocycles. The summed E-state index contributed by atoms with van der Waals surface area (Å²) in [6, 6.07) is 0. The van der Waals surface area contributed by atoms with Gasteiger partial charge in [0, 0.05) is 18.3 Å². The normalized spacial score (nSPS) is 51.3. The summed E-state index contributed by atoms with van der Waals surface area (Å²) >= 11 is 0. The van der Waals surface area contributed by atoms with Crippen molar-refractivity contribution in [3.05, 3.63) is 12.2 Å². The third kappa shape index (κ3) is 2.33. The van der Waals surface area contributed by atoms with Crippen LogP contribution in [0.25, 0.3) is 0 Å². The molecule has 5 heteroatoms. The Kier molecular flexibility index (Phi) is 4.09. The highest BCUT2D eigenvalue weighted by atomic mass is 16.5. The number of fused-ring (bicyclic) bond motifs is 3. The standard InChI is InChI=1S/C22H32O5/c1-12-14-10-15(24)17-20(3)7-5-8-21(4,19(25)26)16(20)6-9-22(17,11-14)18(12)27-13(2)23/h14-18,24H,1,5-11H2,2-4H3,(H,25,26). The zero-order chi connectivity index (χ0) is 19.8. The monoisotopic (exact) mass is 376 g/mol. The zero-order valence-electron chi connectivity index (χ0n) is 16.7. The number of carbonyl (C=O) groups is 2. The van der Waals surface area contributed by atoms with Crippen LogP contribution in [0.3, 0.4) is 0 Å². The molecule has 0 amide bonds. The molecule has 1 spiro atoms. The number of carboxylic acid groups (broad SMARTS) is 1. The van der Waals surface area contributed by atoms with Gasteiger partial charge in [-0.3, -0.25) is 9.59 Å². The molecule has 0 saturated heterocycles. The first-order chi connectivity index (χ1) is 12.6. The van der Waals surface area contributed by atoms with Gasteiger partial charge in [-0.2, -0.15) is 0 Å². The summed E-state index contributed by atoms with van der Waals surface area (Å²) in [5.41, 5.74) is -0.368. The Balaban J connectivity index is 1.81. The maximum atomic E-state index is 12.2. The van der Waals surface area contributed by atoms with E-state index in [2.05, 4.69) is 13.5 Å². The summed E-state index contributed by atoms with van der Waals surface area (Å²) in [6.07, 6.45) is 4.79. The van der Waals surface area contributed by atoms with Crippen molar-refractivity contribution in [2.45, 2.75) is 77.9 Å². The lowest BCUT2D eigenvalue weighted by molar-refractivity contribution is -0.217.